The van der Waals surface area contributed by atoms with E-state index in [0.717, 1.165) is 0 Å². The minimum absolute atomic E-state index is 0.0685. The van der Waals surface area contributed by atoms with Crippen LogP contribution in [0.4, 0.5) is 4.79 Å². The van der Waals surface area contributed by atoms with E-state index in [0.29, 0.717) is 13.2 Å². The maximum atomic E-state index is 11.8. The molecule has 7 nitrogen and oxygen atoms in total. The first-order valence-corrected chi connectivity index (χ1v) is 5.84. The summed E-state index contributed by atoms with van der Waals surface area (Å²) in [5.74, 6) is -1.64. The van der Waals surface area contributed by atoms with Crippen molar-refractivity contribution >= 4 is 17.9 Å². The van der Waals surface area contributed by atoms with E-state index in [-0.39, 0.29) is 25.0 Å². The molecule has 2 atom stereocenters. The van der Waals surface area contributed by atoms with Crippen LogP contribution in [0.1, 0.15) is 26.7 Å². The summed E-state index contributed by atoms with van der Waals surface area (Å²) in [4.78, 5) is 35.0. The fourth-order valence-electron chi connectivity index (χ4n) is 1.66. The largest absolute Gasteiger partial charge is 0.481 e. The molecule has 0 aromatic rings. The van der Waals surface area contributed by atoms with Crippen LogP contribution < -0.4 is 5.32 Å². The standard InChI is InChI=1S/C11H18N2O5/c1-7-6-18-8(2)5-13(7)11(17)12-9(14)3-4-10(15)16/h7-8H,3-6H2,1-2H3,(H,15,16)(H,12,14,17). The van der Waals surface area contributed by atoms with Crippen molar-refractivity contribution in [3.05, 3.63) is 0 Å². The summed E-state index contributed by atoms with van der Waals surface area (Å²) in [6.45, 7) is 4.52. The average Bonchev–Trinajstić information content (AvgIpc) is 2.29. The normalized spacial score (nSPS) is 23.6. The predicted molar refractivity (Wildman–Crippen MR) is 62.0 cm³/mol. The molecule has 102 valence electrons. The highest BCUT2D eigenvalue weighted by atomic mass is 16.5. The summed E-state index contributed by atoms with van der Waals surface area (Å²) in [6, 6.07) is -0.596. The van der Waals surface area contributed by atoms with Gasteiger partial charge in [0.1, 0.15) is 0 Å². The first-order valence-electron chi connectivity index (χ1n) is 5.84. The van der Waals surface area contributed by atoms with E-state index in [1.165, 1.54) is 4.90 Å². The van der Waals surface area contributed by atoms with Crippen LogP contribution in [0.5, 0.6) is 0 Å². The molecule has 1 aliphatic rings. The number of ether oxygens (including phenoxy) is 1. The second kappa shape index (κ2) is 6.34. The zero-order valence-corrected chi connectivity index (χ0v) is 10.5. The number of hydrogen-bond acceptors (Lipinski definition) is 4. The van der Waals surface area contributed by atoms with Crippen molar-refractivity contribution in [2.45, 2.75) is 38.8 Å². The van der Waals surface area contributed by atoms with Gasteiger partial charge in [-0.15, -0.1) is 0 Å². The van der Waals surface area contributed by atoms with Gasteiger partial charge in [0.05, 0.1) is 25.2 Å². The van der Waals surface area contributed by atoms with Gasteiger partial charge in [0.15, 0.2) is 0 Å². The Labute approximate surface area is 105 Å². The van der Waals surface area contributed by atoms with Gasteiger partial charge in [0.25, 0.3) is 0 Å². The molecule has 0 bridgehead atoms. The first kappa shape index (κ1) is 14.4. The van der Waals surface area contributed by atoms with Crippen LogP contribution in [-0.2, 0) is 14.3 Å². The molecule has 1 heterocycles. The first-order chi connectivity index (χ1) is 8.40. The Kier molecular flexibility index (Phi) is 5.08. The molecule has 0 saturated carbocycles. The molecule has 1 fully saturated rings. The van der Waals surface area contributed by atoms with E-state index in [2.05, 4.69) is 5.32 Å². The number of aliphatic carboxylic acids is 1. The van der Waals surface area contributed by atoms with Gasteiger partial charge < -0.3 is 14.7 Å². The maximum absolute atomic E-state index is 11.8. The SMILES string of the molecule is CC1CN(C(=O)NC(=O)CCC(=O)O)C(C)CO1. The Bertz CT molecular complexity index is 344. The highest BCUT2D eigenvalue weighted by Gasteiger charge is 2.28. The quantitative estimate of drug-likeness (QED) is 0.753. The number of carbonyl (C=O) groups is 3. The highest BCUT2D eigenvalue weighted by molar-refractivity contribution is 5.95. The third kappa shape index (κ3) is 4.33. The molecule has 0 radical (unpaired) electrons. The third-order valence-corrected chi connectivity index (χ3v) is 2.68. The Morgan fingerprint density at radius 2 is 2.00 bits per heavy atom. The smallest absolute Gasteiger partial charge is 0.324 e. The molecule has 1 saturated heterocycles. The van der Waals surface area contributed by atoms with Crippen LogP contribution in [0.25, 0.3) is 0 Å². The molecule has 0 aliphatic carbocycles. The van der Waals surface area contributed by atoms with Crippen molar-refractivity contribution in [3.63, 3.8) is 0 Å². The number of carboxylic acid groups (broad SMARTS) is 1. The van der Waals surface area contributed by atoms with Crippen LogP contribution in [0.2, 0.25) is 0 Å². The molecular formula is C11H18N2O5. The lowest BCUT2D eigenvalue weighted by Crippen LogP contribution is -2.54. The average molecular weight is 258 g/mol. The van der Waals surface area contributed by atoms with Crippen LogP contribution >= 0.6 is 0 Å². The number of rotatable bonds is 3. The van der Waals surface area contributed by atoms with E-state index < -0.39 is 17.9 Å². The number of carboxylic acids is 1. The zero-order chi connectivity index (χ0) is 13.7. The minimum atomic E-state index is -1.06. The fraction of sp³-hybridized carbons (Fsp3) is 0.727. The van der Waals surface area contributed by atoms with Crippen molar-refractivity contribution in [1.29, 1.82) is 0 Å². The van der Waals surface area contributed by atoms with Crippen LogP contribution in [0, 0.1) is 0 Å². The number of imide groups is 1. The minimum Gasteiger partial charge on any atom is -0.481 e. The number of nitrogens with one attached hydrogen (secondary N) is 1. The second-order valence-corrected chi connectivity index (χ2v) is 4.39. The Balaban J connectivity index is 2.43. The molecule has 18 heavy (non-hydrogen) atoms. The van der Waals surface area contributed by atoms with Gasteiger partial charge in [-0.05, 0) is 13.8 Å². The number of nitrogens with zero attached hydrogens (tertiary/aromatic N) is 1. The number of hydrogen-bond donors (Lipinski definition) is 2. The van der Waals surface area contributed by atoms with Crippen molar-refractivity contribution in [1.82, 2.24) is 10.2 Å². The van der Waals surface area contributed by atoms with Gasteiger partial charge in [-0.1, -0.05) is 0 Å². The van der Waals surface area contributed by atoms with Gasteiger partial charge >= 0.3 is 12.0 Å². The lowest BCUT2D eigenvalue weighted by Gasteiger charge is -2.36. The Morgan fingerprint density at radius 3 is 2.61 bits per heavy atom. The fourth-order valence-corrected chi connectivity index (χ4v) is 1.66. The van der Waals surface area contributed by atoms with Crippen LogP contribution in [-0.4, -0.2) is 53.2 Å². The summed E-state index contributed by atoms with van der Waals surface area (Å²) in [6.07, 6.45) is -0.551. The maximum Gasteiger partial charge on any atom is 0.324 e. The monoisotopic (exact) mass is 258 g/mol. The highest BCUT2D eigenvalue weighted by Crippen LogP contribution is 2.11. The van der Waals surface area contributed by atoms with E-state index in [9.17, 15) is 14.4 Å². The Hall–Kier alpha value is -1.63. The molecule has 0 aromatic heterocycles. The number of morpholine rings is 1. The summed E-state index contributed by atoms with van der Waals surface area (Å²) in [5, 5.41) is 10.6. The van der Waals surface area contributed by atoms with Gasteiger partial charge in [-0.3, -0.25) is 14.9 Å². The summed E-state index contributed by atoms with van der Waals surface area (Å²) in [7, 11) is 0. The van der Waals surface area contributed by atoms with Gasteiger partial charge in [0.2, 0.25) is 5.91 Å². The van der Waals surface area contributed by atoms with E-state index in [1.807, 2.05) is 13.8 Å². The number of urea groups is 1. The molecule has 3 amide bonds. The summed E-state index contributed by atoms with van der Waals surface area (Å²) < 4.78 is 5.37. The predicted octanol–water partition coefficient (Wildman–Crippen LogP) is 0.197. The van der Waals surface area contributed by atoms with Crippen molar-refractivity contribution in [2.24, 2.45) is 0 Å². The van der Waals surface area contributed by atoms with Crippen LogP contribution in [0.3, 0.4) is 0 Å². The molecule has 7 heteroatoms. The van der Waals surface area contributed by atoms with Crippen molar-refractivity contribution in [2.75, 3.05) is 13.2 Å². The molecular weight excluding hydrogens is 240 g/mol. The molecule has 0 aromatic carbocycles. The van der Waals surface area contributed by atoms with E-state index in [4.69, 9.17) is 9.84 Å². The molecule has 1 aliphatic heterocycles. The lowest BCUT2D eigenvalue weighted by molar-refractivity contribution is -0.138. The Morgan fingerprint density at radius 1 is 1.33 bits per heavy atom. The molecule has 1 rings (SSSR count). The van der Waals surface area contributed by atoms with E-state index >= 15 is 0 Å². The molecule has 0 spiro atoms. The second-order valence-electron chi connectivity index (χ2n) is 4.39. The number of carbonyl (C=O) groups excluding carboxylic acids is 2. The molecule has 2 N–H and O–H groups in total. The van der Waals surface area contributed by atoms with Gasteiger partial charge in [-0.25, -0.2) is 4.79 Å². The van der Waals surface area contributed by atoms with Crippen molar-refractivity contribution < 1.29 is 24.2 Å². The van der Waals surface area contributed by atoms with E-state index in [1.54, 1.807) is 0 Å². The van der Waals surface area contributed by atoms with Crippen LogP contribution in [0.15, 0.2) is 0 Å². The summed E-state index contributed by atoms with van der Waals surface area (Å²) in [5.41, 5.74) is 0. The molecule has 2 unspecified atom stereocenters. The zero-order valence-electron chi connectivity index (χ0n) is 10.5. The third-order valence-electron chi connectivity index (χ3n) is 2.68. The lowest BCUT2D eigenvalue weighted by atomic mass is 10.2. The number of amides is 3. The topological polar surface area (TPSA) is 95.9 Å². The van der Waals surface area contributed by atoms with Gasteiger partial charge in [0, 0.05) is 13.0 Å². The summed E-state index contributed by atoms with van der Waals surface area (Å²) >= 11 is 0. The van der Waals surface area contributed by atoms with Crippen molar-refractivity contribution in [3.8, 4) is 0 Å². The van der Waals surface area contributed by atoms with Gasteiger partial charge in [-0.2, -0.15) is 0 Å².